The van der Waals surface area contributed by atoms with Gasteiger partial charge in [-0.15, -0.1) is 11.6 Å². The molecule has 0 aromatic heterocycles. The number of halogens is 1. The second-order valence-corrected chi connectivity index (χ2v) is 7.82. The van der Waals surface area contributed by atoms with Gasteiger partial charge in [-0.3, -0.25) is 0 Å². The molecule has 3 atom stereocenters. The van der Waals surface area contributed by atoms with Crippen LogP contribution < -0.4 is 4.74 Å². The Balaban J connectivity index is 1.34. The summed E-state index contributed by atoms with van der Waals surface area (Å²) in [6.45, 7) is 3.40. The van der Waals surface area contributed by atoms with E-state index in [1.807, 2.05) is 54.6 Å². The van der Waals surface area contributed by atoms with Gasteiger partial charge in [0.1, 0.15) is 11.5 Å². The molecule has 1 saturated carbocycles. The summed E-state index contributed by atoms with van der Waals surface area (Å²) in [6.07, 6.45) is 0. The molecular weight excluding hydrogens is 356 g/mol. The van der Waals surface area contributed by atoms with Crippen molar-refractivity contribution in [3.8, 4) is 11.5 Å². The fourth-order valence-corrected chi connectivity index (χ4v) is 4.16. The van der Waals surface area contributed by atoms with E-state index in [0.29, 0.717) is 19.1 Å². The second-order valence-electron chi connectivity index (χ2n) is 7.35. The summed E-state index contributed by atoms with van der Waals surface area (Å²) in [5.41, 5.74) is 2.37. The van der Waals surface area contributed by atoms with E-state index in [9.17, 15) is 0 Å². The predicted octanol–water partition coefficient (Wildman–Crippen LogP) is 6.41. The van der Waals surface area contributed by atoms with Gasteiger partial charge in [0.05, 0.1) is 13.2 Å². The minimum Gasteiger partial charge on any atom is -0.457 e. The van der Waals surface area contributed by atoms with Gasteiger partial charge in [-0.1, -0.05) is 67.6 Å². The maximum Gasteiger partial charge on any atom is 0.127 e. The number of rotatable bonds is 7. The molecule has 3 aromatic rings. The molecule has 0 unspecified atom stereocenters. The lowest BCUT2D eigenvalue weighted by molar-refractivity contribution is 0.0823. The molecule has 0 radical (unpaired) electrons. The Kier molecular flexibility index (Phi) is 5.20. The van der Waals surface area contributed by atoms with E-state index in [0.717, 1.165) is 17.1 Å². The molecule has 0 amide bonds. The lowest BCUT2D eigenvalue weighted by Crippen LogP contribution is -2.10. The van der Waals surface area contributed by atoms with E-state index in [2.05, 4.69) is 37.3 Å². The number of hydrogen-bond donors (Lipinski definition) is 0. The van der Waals surface area contributed by atoms with Crippen molar-refractivity contribution in [2.45, 2.75) is 24.8 Å². The fraction of sp³-hybridized carbons (Fsp3) is 0.250. The SMILES string of the molecule is C[C@@]1(COCc2cccc(Oc3ccccc3)c2)[C@H](Cl)[C@H]1c1ccccc1. The number of benzene rings is 3. The molecule has 0 spiro atoms. The van der Waals surface area contributed by atoms with E-state index in [4.69, 9.17) is 21.1 Å². The van der Waals surface area contributed by atoms with Crippen LogP contribution in [0.5, 0.6) is 11.5 Å². The Morgan fingerprint density at radius 1 is 0.852 bits per heavy atom. The van der Waals surface area contributed by atoms with Gasteiger partial charge < -0.3 is 9.47 Å². The molecule has 0 aliphatic heterocycles. The van der Waals surface area contributed by atoms with Crippen LogP contribution >= 0.6 is 11.6 Å². The molecule has 3 aromatic carbocycles. The monoisotopic (exact) mass is 378 g/mol. The summed E-state index contributed by atoms with van der Waals surface area (Å²) < 4.78 is 11.9. The van der Waals surface area contributed by atoms with Crippen LogP contribution in [-0.2, 0) is 11.3 Å². The van der Waals surface area contributed by atoms with Crippen LogP contribution in [-0.4, -0.2) is 12.0 Å². The maximum absolute atomic E-state index is 6.59. The minimum atomic E-state index is -0.0128. The number of para-hydroxylation sites is 1. The highest BCUT2D eigenvalue weighted by atomic mass is 35.5. The molecule has 138 valence electrons. The number of hydrogen-bond acceptors (Lipinski definition) is 2. The van der Waals surface area contributed by atoms with Crippen LogP contribution in [0.3, 0.4) is 0 Å². The first-order valence-corrected chi connectivity index (χ1v) is 9.69. The van der Waals surface area contributed by atoms with Crippen LogP contribution in [0.4, 0.5) is 0 Å². The zero-order chi connectivity index (χ0) is 18.7. The van der Waals surface area contributed by atoms with Gasteiger partial charge in [-0.25, -0.2) is 0 Å². The first kappa shape index (κ1) is 18.1. The van der Waals surface area contributed by atoms with Crippen molar-refractivity contribution in [1.82, 2.24) is 0 Å². The highest BCUT2D eigenvalue weighted by Crippen LogP contribution is 2.62. The molecule has 1 fully saturated rings. The summed E-state index contributed by atoms with van der Waals surface area (Å²) in [4.78, 5) is 0. The van der Waals surface area contributed by atoms with Gasteiger partial charge in [0.2, 0.25) is 0 Å². The molecule has 2 nitrogen and oxygen atoms in total. The molecule has 0 heterocycles. The number of ether oxygens (including phenoxy) is 2. The van der Waals surface area contributed by atoms with Crippen LogP contribution in [0.15, 0.2) is 84.9 Å². The van der Waals surface area contributed by atoms with Crippen molar-refractivity contribution < 1.29 is 9.47 Å². The molecule has 27 heavy (non-hydrogen) atoms. The van der Waals surface area contributed by atoms with Crippen molar-refractivity contribution in [2.24, 2.45) is 5.41 Å². The topological polar surface area (TPSA) is 18.5 Å². The van der Waals surface area contributed by atoms with E-state index < -0.39 is 0 Å². The van der Waals surface area contributed by atoms with Crippen LogP contribution in [0, 0.1) is 5.41 Å². The van der Waals surface area contributed by atoms with Gasteiger partial charge in [0.15, 0.2) is 0 Å². The summed E-state index contributed by atoms with van der Waals surface area (Å²) in [5.74, 6) is 2.00. The van der Waals surface area contributed by atoms with Gasteiger partial charge in [-0.2, -0.15) is 0 Å². The highest BCUT2D eigenvalue weighted by molar-refractivity contribution is 6.24. The molecule has 0 saturated heterocycles. The smallest absolute Gasteiger partial charge is 0.127 e. The third-order valence-corrected chi connectivity index (χ3v) is 5.99. The van der Waals surface area contributed by atoms with Crippen molar-refractivity contribution in [1.29, 1.82) is 0 Å². The Morgan fingerprint density at radius 3 is 2.26 bits per heavy atom. The standard InChI is InChI=1S/C24H23ClO2/c1-24(22(23(24)25)19-10-4-2-5-11-19)17-26-16-18-9-8-14-21(15-18)27-20-12-6-3-7-13-20/h2-15,22-23H,16-17H2,1H3/t22-,23-,24+/m1/s1. The van der Waals surface area contributed by atoms with Crippen molar-refractivity contribution in [2.75, 3.05) is 6.61 Å². The Hall–Kier alpha value is -2.29. The predicted molar refractivity (Wildman–Crippen MR) is 110 cm³/mol. The third-order valence-electron chi connectivity index (χ3n) is 5.24. The van der Waals surface area contributed by atoms with Crippen LogP contribution in [0.2, 0.25) is 0 Å². The van der Waals surface area contributed by atoms with Crippen molar-refractivity contribution >= 4 is 11.6 Å². The van der Waals surface area contributed by atoms with Crippen LogP contribution in [0.1, 0.15) is 24.0 Å². The lowest BCUT2D eigenvalue weighted by atomic mass is 10.0. The van der Waals surface area contributed by atoms with E-state index in [1.54, 1.807) is 0 Å². The summed E-state index contributed by atoms with van der Waals surface area (Å²) in [7, 11) is 0. The maximum atomic E-state index is 6.59. The lowest BCUT2D eigenvalue weighted by Gasteiger charge is -2.13. The second kappa shape index (κ2) is 7.75. The molecule has 0 bridgehead atoms. The highest BCUT2D eigenvalue weighted by Gasteiger charge is 2.61. The van der Waals surface area contributed by atoms with Crippen molar-refractivity contribution in [3.05, 3.63) is 96.1 Å². The average molecular weight is 379 g/mol. The zero-order valence-electron chi connectivity index (χ0n) is 15.3. The Labute approximate surface area is 165 Å². The molecule has 1 aliphatic rings. The zero-order valence-corrected chi connectivity index (χ0v) is 16.1. The Morgan fingerprint density at radius 2 is 1.52 bits per heavy atom. The molecule has 4 rings (SSSR count). The van der Waals surface area contributed by atoms with Gasteiger partial charge in [0, 0.05) is 16.7 Å². The van der Waals surface area contributed by atoms with Gasteiger partial charge in [-0.05, 0) is 35.4 Å². The van der Waals surface area contributed by atoms with E-state index in [1.165, 1.54) is 5.56 Å². The fourth-order valence-electron chi connectivity index (χ4n) is 3.60. The molecule has 3 heteroatoms. The number of alkyl halides is 1. The summed E-state index contributed by atoms with van der Waals surface area (Å²) in [6, 6.07) is 28.3. The first-order valence-electron chi connectivity index (χ1n) is 9.25. The molecular formula is C24H23ClO2. The Bertz CT molecular complexity index is 881. The van der Waals surface area contributed by atoms with E-state index in [-0.39, 0.29) is 10.8 Å². The summed E-state index contributed by atoms with van der Waals surface area (Å²) in [5, 5.41) is 0.118. The quantitative estimate of drug-likeness (QED) is 0.442. The van der Waals surface area contributed by atoms with Gasteiger partial charge in [0.25, 0.3) is 0 Å². The van der Waals surface area contributed by atoms with Crippen molar-refractivity contribution in [3.63, 3.8) is 0 Å². The minimum absolute atomic E-state index is 0.0128. The molecule has 0 N–H and O–H groups in total. The first-order chi connectivity index (χ1) is 13.2. The molecule has 1 aliphatic carbocycles. The van der Waals surface area contributed by atoms with E-state index >= 15 is 0 Å². The van der Waals surface area contributed by atoms with Gasteiger partial charge >= 0.3 is 0 Å². The summed E-state index contributed by atoms with van der Waals surface area (Å²) >= 11 is 6.59. The normalized spacial score (nSPS) is 23.8. The third kappa shape index (κ3) is 4.02. The largest absolute Gasteiger partial charge is 0.457 e. The van der Waals surface area contributed by atoms with Crippen LogP contribution in [0.25, 0.3) is 0 Å². The average Bonchev–Trinajstić information content (AvgIpc) is 3.24.